The van der Waals surface area contributed by atoms with E-state index in [1.807, 2.05) is 6.07 Å². The number of benzene rings is 1. The van der Waals surface area contributed by atoms with E-state index in [-0.39, 0.29) is 14.9 Å². The topological polar surface area (TPSA) is 0 Å². The van der Waals surface area contributed by atoms with Gasteiger partial charge in [0.15, 0.2) is 0 Å². The van der Waals surface area contributed by atoms with E-state index in [4.69, 9.17) is 0 Å². The van der Waals surface area contributed by atoms with Crippen LogP contribution >= 0.6 is 0 Å². The molecule has 0 radical (unpaired) electrons. The molecule has 0 spiro atoms. The summed E-state index contributed by atoms with van der Waals surface area (Å²) in [6.07, 6.45) is 1.14. The Morgan fingerprint density at radius 1 is 0.929 bits per heavy atom. The molecule has 0 nitrogen and oxygen atoms in total. The normalized spacial score (nSPS) is 7.79. The quantitative estimate of drug-likeness (QED) is 0.580. The summed E-state index contributed by atoms with van der Waals surface area (Å²) in [5.41, 5.74) is 1.41. The molecule has 0 heteroatoms. The van der Waals surface area contributed by atoms with Crippen molar-refractivity contribution >= 4 is 0 Å². The molecule has 0 atom stereocenters. The molecule has 0 fully saturated rings. The van der Waals surface area contributed by atoms with Gasteiger partial charge in [-0.3, -0.25) is 0 Å². The Labute approximate surface area is 91.4 Å². The number of hydrogen-bond acceptors (Lipinski definition) is 0. The molecule has 0 aromatic heterocycles. The van der Waals surface area contributed by atoms with E-state index in [1.165, 1.54) is 5.56 Å². The summed E-state index contributed by atoms with van der Waals surface area (Å²) >= 11 is 0. The van der Waals surface area contributed by atoms with E-state index in [1.54, 1.807) is 0 Å². The van der Waals surface area contributed by atoms with E-state index in [2.05, 4.69) is 52.0 Å². The average molecular weight is 196 g/mol. The first kappa shape index (κ1) is 18.9. The fourth-order valence-electron chi connectivity index (χ4n) is 0.714. The predicted molar refractivity (Wildman–Crippen MR) is 69.8 cm³/mol. The standard InChI is InChI=1S/C8H10.C4H10.2CH4/c1-2-8-6-4-3-5-7-8;1-4(2)3;;/h3-7H,2H2,1H3;4H,1-3H3;2*1H4. The third-order valence-electron chi connectivity index (χ3n) is 1.25. The molecule has 14 heavy (non-hydrogen) atoms. The monoisotopic (exact) mass is 196 g/mol. The summed E-state index contributed by atoms with van der Waals surface area (Å²) in [5, 5.41) is 0. The van der Waals surface area contributed by atoms with Crippen LogP contribution in [0.2, 0.25) is 0 Å². The van der Waals surface area contributed by atoms with Crippen LogP contribution in [0.3, 0.4) is 0 Å². The number of rotatable bonds is 1. The highest BCUT2D eigenvalue weighted by atomic mass is 13.9. The van der Waals surface area contributed by atoms with Crippen molar-refractivity contribution in [2.75, 3.05) is 0 Å². The molecule has 1 rings (SSSR count). The molecule has 0 bridgehead atoms. The first-order valence-electron chi connectivity index (χ1n) is 4.70. The molecular formula is C14H28. The van der Waals surface area contributed by atoms with Gasteiger partial charge in [0.05, 0.1) is 0 Å². The smallest absolute Gasteiger partial charge is 0.0307 e. The van der Waals surface area contributed by atoms with E-state index >= 15 is 0 Å². The molecule has 0 N–H and O–H groups in total. The van der Waals surface area contributed by atoms with Gasteiger partial charge in [0.25, 0.3) is 0 Å². The number of aryl methyl sites for hydroxylation is 1. The van der Waals surface area contributed by atoms with E-state index in [0.29, 0.717) is 0 Å². The van der Waals surface area contributed by atoms with Crippen LogP contribution in [0.5, 0.6) is 0 Å². The van der Waals surface area contributed by atoms with Gasteiger partial charge in [0, 0.05) is 0 Å². The van der Waals surface area contributed by atoms with E-state index in [9.17, 15) is 0 Å². The lowest BCUT2D eigenvalue weighted by Crippen LogP contribution is -1.73. The van der Waals surface area contributed by atoms with Gasteiger partial charge in [0.2, 0.25) is 0 Å². The Morgan fingerprint density at radius 2 is 1.29 bits per heavy atom. The molecule has 0 saturated heterocycles. The molecule has 0 unspecified atom stereocenters. The SMILES string of the molecule is C.C.CC(C)C.CCc1ccccc1. The average Bonchev–Trinajstić information content (AvgIpc) is 2.05. The fraction of sp³-hybridized carbons (Fsp3) is 0.571. The van der Waals surface area contributed by atoms with Crippen molar-refractivity contribution in [1.29, 1.82) is 0 Å². The Kier molecular flexibility index (Phi) is 16.5. The van der Waals surface area contributed by atoms with E-state index in [0.717, 1.165) is 12.3 Å². The van der Waals surface area contributed by atoms with Crippen LogP contribution in [0.4, 0.5) is 0 Å². The van der Waals surface area contributed by atoms with Crippen LogP contribution in [0.1, 0.15) is 48.1 Å². The third-order valence-corrected chi connectivity index (χ3v) is 1.25. The first-order chi connectivity index (χ1) is 5.66. The largest absolute Gasteiger partial charge is 0.0776 e. The highest BCUT2D eigenvalue weighted by Crippen LogP contribution is 1.96. The van der Waals surface area contributed by atoms with Crippen LogP contribution in [-0.2, 0) is 6.42 Å². The Balaban J connectivity index is -0.000000180. The highest BCUT2D eigenvalue weighted by molar-refractivity contribution is 5.13. The van der Waals surface area contributed by atoms with Crippen molar-refractivity contribution in [3.8, 4) is 0 Å². The second-order valence-corrected chi connectivity index (χ2v) is 3.57. The fourth-order valence-corrected chi connectivity index (χ4v) is 0.714. The molecular weight excluding hydrogens is 168 g/mol. The lowest BCUT2D eigenvalue weighted by molar-refractivity contribution is 0.737. The molecule has 0 aliphatic rings. The minimum absolute atomic E-state index is 0. The zero-order valence-electron chi connectivity index (χ0n) is 8.67. The first-order valence-corrected chi connectivity index (χ1v) is 4.70. The van der Waals surface area contributed by atoms with Gasteiger partial charge in [-0.25, -0.2) is 0 Å². The van der Waals surface area contributed by atoms with Gasteiger partial charge in [0.1, 0.15) is 0 Å². The van der Waals surface area contributed by atoms with Crippen LogP contribution in [-0.4, -0.2) is 0 Å². The van der Waals surface area contributed by atoms with Crippen molar-refractivity contribution in [1.82, 2.24) is 0 Å². The Hall–Kier alpha value is -0.780. The zero-order valence-corrected chi connectivity index (χ0v) is 8.67. The molecule has 0 saturated carbocycles. The van der Waals surface area contributed by atoms with Crippen LogP contribution in [0.15, 0.2) is 30.3 Å². The third kappa shape index (κ3) is 13.8. The predicted octanol–water partition coefficient (Wildman–Crippen LogP) is 5.18. The summed E-state index contributed by atoms with van der Waals surface area (Å²) in [4.78, 5) is 0. The lowest BCUT2D eigenvalue weighted by atomic mass is 10.2. The van der Waals surface area contributed by atoms with Crippen molar-refractivity contribution in [3.63, 3.8) is 0 Å². The minimum Gasteiger partial charge on any atom is -0.0776 e. The second kappa shape index (κ2) is 12.2. The van der Waals surface area contributed by atoms with Gasteiger partial charge in [-0.15, -0.1) is 0 Å². The summed E-state index contributed by atoms with van der Waals surface area (Å²) < 4.78 is 0. The highest BCUT2D eigenvalue weighted by Gasteiger charge is 1.79. The van der Waals surface area contributed by atoms with Crippen molar-refractivity contribution in [3.05, 3.63) is 35.9 Å². The van der Waals surface area contributed by atoms with Crippen LogP contribution in [0.25, 0.3) is 0 Å². The second-order valence-electron chi connectivity index (χ2n) is 3.57. The van der Waals surface area contributed by atoms with Gasteiger partial charge in [-0.05, 0) is 17.9 Å². The molecule has 0 aliphatic carbocycles. The number of hydrogen-bond donors (Lipinski definition) is 0. The maximum atomic E-state index is 2.17. The minimum atomic E-state index is 0. The molecule has 0 amide bonds. The summed E-state index contributed by atoms with van der Waals surface area (Å²) in [5.74, 6) is 0.833. The molecule has 0 aliphatic heterocycles. The van der Waals surface area contributed by atoms with E-state index < -0.39 is 0 Å². The van der Waals surface area contributed by atoms with Crippen molar-refractivity contribution in [2.45, 2.75) is 49.0 Å². The molecule has 84 valence electrons. The van der Waals surface area contributed by atoms with Crippen molar-refractivity contribution in [2.24, 2.45) is 5.92 Å². The summed E-state index contributed by atoms with van der Waals surface area (Å²) in [7, 11) is 0. The van der Waals surface area contributed by atoms with Gasteiger partial charge in [-0.1, -0.05) is 72.9 Å². The molecule has 0 heterocycles. The Morgan fingerprint density at radius 3 is 1.50 bits per heavy atom. The maximum Gasteiger partial charge on any atom is -0.0307 e. The summed E-state index contributed by atoms with van der Waals surface area (Å²) in [6.45, 7) is 8.66. The van der Waals surface area contributed by atoms with Crippen LogP contribution in [0, 0.1) is 5.92 Å². The molecule has 1 aromatic carbocycles. The maximum absolute atomic E-state index is 2.17. The molecule has 1 aromatic rings. The van der Waals surface area contributed by atoms with Gasteiger partial charge < -0.3 is 0 Å². The van der Waals surface area contributed by atoms with Crippen molar-refractivity contribution < 1.29 is 0 Å². The van der Waals surface area contributed by atoms with Gasteiger partial charge >= 0.3 is 0 Å². The lowest BCUT2D eigenvalue weighted by Gasteiger charge is -1.89. The summed E-state index contributed by atoms with van der Waals surface area (Å²) in [6, 6.07) is 10.5. The van der Waals surface area contributed by atoms with Crippen LogP contribution < -0.4 is 0 Å². The zero-order chi connectivity index (χ0) is 9.40. The van der Waals surface area contributed by atoms with Gasteiger partial charge in [-0.2, -0.15) is 0 Å². The Bertz CT molecular complexity index is 172.